The maximum absolute atomic E-state index is 9.32. The minimum atomic E-state index is -1.09. The Kier molecular flexibility index (Phi) is 1.45. The van der Waals surface area contributed by atoms with E-state index in [0.717, 1.165) is 6.42 Å². The van der Waals surface area contributed by atoms with Crippen molar-refractivity contribution < 1.29 is 5.11 Å². The van der Waals surface area contributed by atoms with Crippen molar-refractivity contribution >= 4 is 8.07 Å². The Morgan fingerprint density at radius 2 is 2.12 bits per heavy atom. The highest BCUT2D eigenvalue weighted by atomic mass is 28.3. The molecule has 1 nitrogen and oxygen atoms in total. The van der Waals surface area contributed by atoms with Crippen LogP contribution in [0.15, 0.2) is 0 Å². The summed E-state index contributed by atoms with van der Waals surface area (Å²) in [5.74, 6) is 0. The third-order valence-corrected chi connectivity index (χ3v) is 5.94. The summed E-state index contributed by atoms with van der Waals surface area (Å²) in [5, 5.41) is 9.32. The van der Waals surface area contributed by atoms with E-state index < -0.39 is 8.07 Å². The van der Waals surface area contributed by atoms with E-state index in [1.54, 1.807) is 0 Å². The third kappa shape index (κ3) is 0.953. The lowest BCUT2D eigenvalue weighted by Crippen LogP contribution is -2.35. The minimum Gasteiger partial charge on any atom is -0.397 e. The van der Waals surface area contributed by atoms with E-state index >= 15 is 0 Å². The van der Waals surface area contributed by atoms with Gasteiger partial charge in [0.15, 0.2) is 0 Å². The van der Waals surface area contributed by atoms with E-state index in [-0.39, 0.29) is 5.73 Å². The first-order valence-corrected chi connectivity index (χ1v) is 6.59. The Labute approximate surface area is 51.7 Å². The first kappa shape index (κ1) is 6.30. The topological polar surface area (TPSA) is 20.2 Å². The van der Waals surface area contributed by atoms with Gasteiger partial charge in [-0.15, -0.1) is 0 Å². The molecule has 8 heavy (non-hydrogen) atoms. The molecule has 0 aliphatic carbocycles. The Hall–Kier alpha value is 0.177. The molecule has 1 aliphatic rings. The summed E-state index contributed by atoms with van der Waals surface area (Å²) in [7, 11) is -1.09. The molecular formula is C6H14OSi. The second-order valence-electron chi connectivity index (χ2n) is 3.40. The summed E-state index contributed by atoms with van der Waals surface area (Å²) in [6.07, 6.45) is 2.33. The molecule has 0 spiro atoms. The Balaban J connectivity index is 2.54. The van der Waals surface area contributed by atoms with E-state index in [9.17, 15) is 5.11 Å². The molecule has 1 fully saturated rings. The lowest BCUT2D eigenvalue weighted by molar-refractivity contribution is 0.244. The summed E-state index contributed by atoms with van der Waals surface area (Å²) < 4.78 is 0. The second kappa shape index (κ2) is 1.85. The Morgan fingerprint density at radius 1 is 1.50 bits per heavy atom. The van der Waals surface area contributed by atoms with E-state index in [0.29, 0.717) is 0 Å². The van der Waals surface area contributed by atoms with Gasteiger partial charge in [0.05, 0.1) is 8.07 Å². The molecule has 2 heteroatoms. The average Bonchev–Trinajstić information content (AvgIpc) is 1.86. The van der Waals surface area contributed by atoms with Crippen LogP contribution in [0.5, 0.6) is 0 Å². The predicted molar refractivity (Wildman–Crippen MR) is 37.5 cm³/mol. The lowest BCUT2D eigenvalue weighted by atomic mass is 10.4. The molecule has 0 aromatic heterocycles. The normalized spacial score (nSPS) is 35.6. The van der Waals surface area contributed by atoms with Gasteiger partial charge in [0.1, 0.15) is 0 Å². The molecule has 48 valence electrons. The molecule has 1 aliphatic heterocycles. The van der Waals surface area contributed by atoms with Crippen LogP contribution < -0.4 is 0 Å². The zero-order valence-electron chi connectivity index (χ0n) is 5.65. The lowest BCUT2D eigenvalue weighted by Gasteiger charge is -2.18. The quantitative estimate of drug-likeness (QED) is 0.491. The van der Waals surface area contributed by atoms with Gasteiger partial charge in [-0.25, -0.2) is 0 Å². The minimum absolute atomic E-state index is 0.0995. The first-order chi connectivity index (χ1) is 3.63. The van der Waals surface area contributed by atoms with Crippen molar-refractivity contribution in [1.82, 2.24) is 0 Å². The van der Waals surface area contributed by atoms with Crippen molar-refractivity contribution in [2.75, 3.05) is 0 Å². The van der Waals surface area contributed by atoms with Crippen LogP contribution in [0.1, 0.15) is 12.8 Å². The molecular weight excluding hydrogens is 116 g/mol. The van der Waals surface area contributed by atoms with Gasteiger partial charge in [0.2, 0.25) is 0 Å². The van der Waals surface area contributed by atoms with Gasteiger partial charge in [0, 0.05) is 5.73 Å². The fraction of sp³-hybridized carbons (Fsp3) is 1.00. The van der Waals surface area contributed by atoms with Crippen LogP contribution in [0.4, 0.5) is 0 Å². The first-order valence-electron chi connectivity index (χ1n) is 3.31. The molecule has 0 aromatic rings. The Morgan fingerprint density at radius 3 is 2.25 bits per heavy atom. The van der Waals surface area contributed by atoms with Crippen LogP contribution in [-0.2, 0) is 0 Å². The number of hydrogen-bond donors (Lipinski definition) is 1. The standard InChI is InChI=1S/C6H14OSi/c1-8(2)5-3-4-6(8)7/h6-7H,3-5H2,1-2H3. The molecule has 1 saturated heterocycles. The van der Waals surface area contributed by atoms with Crippen molar-refractivity contribution in [1.29, 1.82) is 0 Å². The van der Waals surface area contributed by atoms with Crippen LogP contribution in [0.25, 0.3) is 0 Å². The molecule has 1 unspecified atom stereocenters. The predicted octanol–water partition coefficient (Wildman–Crippen LogP) is 1.39. The summed E-state index contributed by atoms with van der Waals surface area (Å²) in [6, 6.07) is 1.33. The smallest absolute Gasteiger partial charge is 0.0812 e. The molecule has 1 atom stereocenters. The van der Waals surface area contributed by atoms with Crippen molar-refractivity contribution in [2.45, 2.75) is 37.7 Å². The summed E-state index contributed by atoms with van der Waals surface area (Å²) in [5.41, 5.74) is 0.0995. The maximum Gasteiger partial charge on any atom is 0.0812 e. The average molecular weight is 130 g/mol. The highest BCUT2D eigenvalue weighted by molar-refractivity contribution is 6.79. The van der Waals surface area contributed by atoms with E-state index in [4.69, 9.17) is 0 Å². The largest absolute Gasteiger partial charge is 0.397 e. The highest BCUT2D eigenvalue weighted by Crippen LogP contribution is 2.28. The van der Waals surface area contributed by atoms with E-state index in [1.807, 2.05) is 0 Å². The number of aliphatic hydroxyl groups excluding tert-OH is 1. The van der Waals surface area contributed by atoms with Gasteiger partial charge >= 0.3 is 0 Å². The summed E-state index contributed by atoms with van der Waals surface area (Å²) in [4.78, 5) is 0. The molecule has 0 saturated carbocycles. The van der Waals surface area contributed by atoms with Crippen molar-refractivity contribution in [2.24, 2.45) is 0 Å². The SMILES string of the molecule is C[Si]1(C)CCCC1O. The van der Waals surface area contributed by atoms with Crippen LogP contribution in [-0.4, -0.2) is 18.9 Å². The van der Waals surface area contributed by atoms with Gasteiger partial charge in [-0.2, -0.15) is 0 Å². The Bertz CT molecular complexity index is 90.5. The fourth-order valence-electron chi connectivity index (χ4n) is 1.31. The number of hydrogen-bond acceptors (Lipinski definition) is 1. The van der Waals surface area contributed by atoms with Crippen LogP contribution >= 0.6 is 0 Å². The summed E-state index contributed by atoms with van der Waals surface area (Å²) in [6.45, 7) is 4.54. The zero-order chi connectivity index (χ0) is 6.20. The van der Waals surface area contributed by atoms with E-state index in [1.165, 1.54) is 12.5 Å². The molecule has 1 heterocycles. The van der Waals surface area contributed by atoms with E-state index in [2.05, 4.69) is 13.1 Å². The number of aliphatic hydroxyl groups is 1. The van der Waals surface area contributed by atoms with Crippen molar-refractivity contribution in [3.05, 3.63) is 0 Å². The maximum atomic E-state index is 9.32. The molecule has 1 N–H and O–H groups in total. The molecule has 0 radical (unpaired) electrons. The zero-order valence-corrected chi connectivity index (χ0v) is 6.65. The van der Waals surface area contributed by atoms with Gasteiger partial charge in [0.25, 0.3) is 0 Å². The fourth-order valence-corrected chi connectivity index (χ4v) is 3.74. The van der Waals surface area contributed by atoms with Crippen LogP contribution in [0, 0.1) is 0 Å². The van der Waals surface area contributed by atoms with Gasteiger partial charge in [-0.3, -0.25) is 0 Å². The molecule has 1 rings (SSSR count). The summed E-state index contributed by atoms with van der Waals surface area (Å²) >= 11 is 0. The van der Waals surface area contributed by atoms with Gasteiger partial charge < -0.3 is 5.11 Å². The molecule has 0 bridgehead atoms. The molecule has 0 amide bonds. The number of rotatable bonds is 0. The van der Waals surface area contributed by atoms with Gasteiger partial charge in [-0.05, 0) is 6.42 Å². The monoisotopic (exact) mass is 130 g/mol. The highest BCUT2D eigenvalue weighted by Gasteiger charge is 2.34. The van der Waals surface area contributed by atoms with Crippen LogP contribution in [0.2, 0.25) is 19.1 Å². The van der Waals surface area contributed by atoms with Crippen molar-refractivity contribution in [3.63, 3.8) is 0 Å². The van der Waals surface area contributed by atoms with Crippen molar-refractivity contribution in [3.8, 4) is 0 Å². The van der Waals surface area contributed by atoms with Crippen LogP contribution in [0.3, 0.4) is 0 Å². The molecule has 0 aromatic carbocycles. The van der Waals surface area contributed by atoms with Gasteiger partial charge in [-0.1, -0.05) is 25.6 Å². The third-order valence-electron chi connectivity index (χ3n) is 2.20. The second-order valence-corrected chi connectivity index (χ2v) is 8.54.